The molecule has 0 radical (unpaired) electrons. The van der Waals surface area contributed by atoms with E-state index in [0.717, 1.165) is 104 Å². The standard InChI is InChI=1S/C84H80Cl2N8O9/c1-49-61(11-7-15-71(49)73-17-9-13-69(51(73)3)59-21-19-57-27-67(89)29-63(57)25-59)45-101-79-33-77(99-43-55-23-53(35-87)37-91-39-55)65(31-75(79)85)41-93-83(5,47-95)82(98)103-48-84(6,81(96)97)94-42-66-32-76(86)80(34-78(66)100-44-56-24-54(36-88)38-92-40-56)102-46-62-12-8-16-72(50(62)2)74-18-10-14-70(52(74)4)60-22-20-58-28-68(90)30-64(58)26-60/h7-26,31-34,37-40,67-68,93-95H,27-30,41-48,89-90H2,1-6H3,(H,96,97)/t67-,68+,83-,84-/m0/s1. The third-order valence-corrected chi connectivity index (χ3v) is 20.4. The van der Waals surface area contributed by atoms with Gasteiger partial charge in [0.25, 0.3) is 0 Å². The highest BCUT2D eigenvalue weighted by Gasteiger charge is 2.40. The Kier molecular flexibility index (Phi) is 22.1. The molecule has 19 heteroatoms. The van der Waals surface area contributed by atoms with E-state index in [2.05, 4.69) is 145 Å². The molecule has 2 aliphatic carbocycles. The maximum Gasteiger partial charge on any atom is 0.328 e. The molecule has 0 fully saturated rings. The van der Waals surface area contributed by atoms with Crippen LogP contribution in [0.1, 0.15) is 103 Å². The Balaban J connectivity index is 0.735. The van der Waals surface area contributed by atoms with Crippen LogP contribution in [0.5, 0.6) is 23.0 Å². The number of aliphatic hydroxyl groups is 1. The average molecular weight is 1420 g/mol. The smallest absolute Gasteiger partial charge is 0.328 e. The molecule has 0 saturated heterocycles. The quantitative estimate of drug-likeness (QED) is 0.0261. The molecule has 0 aliphatic heterocycles. The summed E-state index contributed by atoms with van der Waals surface area (Å²) in [6.07, 6.45) is 9.56. The number of ether oxygens (including phenoxy) is 5. The maximum absolute atomic E-state index is 14.3. The normalized spacial score (nSPS) is 14.8. The Morgan fingerprint density at radius 1 is 0.505 bits per heavy atom. The van der Waals surface area contributed by atoms with Crippen LogP contribution in [0, 0.1) is 50.4 Å². The van der Waals surface area contributed by atoms with Gasteiger partial charge in [-0.3, -0.25) is 25.4 Å². The Morgan fingerprint density at radius 2 is 0.903 bits per heavy atom. The zero-order chi connectivity index (χ0) is 72.7. The lowest BCUT2D eigenvalue weighted by atomic mass is 9.89. The second-order valence-corrected chi connectivity index (χ2v) is 28.0. The number of hydrogen-bond acceptors (Lipinski definition) is 16. The number of halogens is 2. The molecule has 8 N–H and O–H groups in total. The van der Waals surface area contributed by atoms with Crippen LogP contribution in [0.25, 0.3) is 44.5 Å². The van der Waals surface area contributed by atoms with Crippen LogP contribution in [0.4, 0.5) is 0 Å². The van der Waals surface area contributed by atoms with Gasteiger partial charge in [-0.15, -0.1) is 0 Å². The number of aliphatic carboxylic acids is 1. The summed E-state index contributed by atoms with van der Waals surface area (Å²) in [5, 5.41) is 47.7. The summed E-state index contributed by atoms with van der Waals surface area (Å²) in [4.78, 5) is 36.0. The van der Waals surface area contributed by atoms with Gasteiger partial charge in [-0.1, -0.05) is 132 Å². The van der Waals surface area contributed by atoms with Gasteiger partial charge in [0, 0.05) is 84.3 Å². The number of esters is 1. The molecule has 0 spiro atoms. The second-order valence-electron chi connectivity index (χ2n) is 27.2. The molecule has 0 saturated carbocycles. The van der Waals surface area contributed by atoms with E-state index in [4.69, 9.17) is 58.4 Å². The molecule has 0 bridgehead atoms. The topological polar surface area (TPSA) is 270 Å². The zero-order valence-electron chi connectivity index (χ0n) is 58.3. The van der Waals surface area contributed by atoms with Gasteiger partial charge in [0.1, 0.15) is 79.2 Å². The summed E-state index contributed by atoms with van der Waals surface area (Å²) in [6.45, 7) is 9.75. The Morgan fingerprint density at radius 3 is 1.33 bits per heavy atom. The molecule has 2 aromatic heterocycles. The van der Waals surface area contributed by atoms with Crippen molar-refractivity contribution in [2.24, 2.45) is 11.5 Å². The van der Waals surface area contributed by atoms with Crippen LogP contribution in [0.3, 0.4) is 0 Å². The number of carbonyl (C=O) groups is 2. The van der Waals surface area contributed by atoms with Gasteiger partial charge in [0.05, 0.1) is 27.8 Å². The van der Waals surface area contributed by atoms with Crippen LogP contribution in [-0.2, 0) is 79.5 Å². The lowest BCUT2D eigenvalue weighted by molar-refractivity contribution is -0.159. The molecule has 10 aromatic rings. The molecule has 0 amide bonds. The van der Waals surface area contributed by atoms with Gasteiger partial charge in [0.2, 0.25) is 0 Å². The Labute approximate surface area is 610 Å². The minimum absolute atomic E-state index is 0.0138. The molecule has 4 atom stereocenters. The van der Waals surface area contributed by atoms with Gasteiger partial charge >= 0.3 is 11.9 Å². The molecule has 103 heavy (non-hydrogen) atoms. The fourth-order valence-corrected chi connectivity index (χ4v) is 14.0. The first-order valence-electron chi connectivity index (χ1n) is 34.1. The number of aliphatic hydroxyl groups excluding tert-OH is 1. The van der Waals surface area contributed by atoms with Crippen molar-refractivity contribution >= 4 is 35.1 Å². The molecule has 2 aliphatic rings. The van der Waals surface area contributed by atoms with Crippen molar-refractivity contribution in [3.05, 3.63) is 269 Å². The molecular formula is C84H80Cl2N8O9. The van der Waals surface area contributed by atoms with E-state index in [-0.39, 0.29) is 67.4 Å². The highest BCUT2D eigenvalue weighted by atomic mass is 35.5. The summed E-state index contributed by atoms with van der Waals surface area (Å²) in [7, 11) is 0. The molecule has 12 rings (SSSR count). The van der Waals surface area contributed by atoms with Crippen LogP contribution >= 0.6 is 23.2 Å². The number of aromatic nitrogens is 2. The van der Waals surface area contributed by atoms with E-state index in [1.54, 1.807) is 48.8 Å². The van der Waals surface area contributed by atoms with Crippen molar-refractivity contribution in [1.29, 1.82) is 10.5 Å². The Bertz CT molecular complexity index is 4990. The number of carboxylic acid groups (broad SMARTS) is 1. The molecule has 524 valence electrons. The van der Waals surface area contributed by atoms with Crippen molar-refractivity contribution in [3.8, 4) is 79.6 Å². The highest BCUT2D eigenvalue weighted by molar-refractivity contribution is 6.32. The second kappa shape index (κ2) is 31.4. The van der Waals surface area contributed by atoms with Crippen LogP contribution < -0.4 is 41.0 Å². The predicted octanol–water partition coefficient (Wildman–Crippen LogP) is 14.6. The average Bonchev–Trinajstić information content (AvgIpc) is 1.78. The molecular weight excluding hydrogens is 1340 g/mol. The number of carbonyl (C=O) groups excluding carboxylic acids is 1. The van der Waals surface area contributed by atoms with Crippen LogP contribution in [0.2, 0.25) is 10.0 Å². The van der Waals surface area contributed by atoms with Crippen LogP contribution in [0.15, 0.2) is 170 Å². The summed E-state index contributed by atoms with van der Waals surface area (Å²) in [5.41, 5.74) is 32.0. The van der Waals surface area contributed by atoms with Crippen molar-refractivity contribution in [2.75, 3.05) is 13.2 Å². The number of nitrogens with two attached hydrogens (primary N) is 2. The number of hydrogen-bond donors (Lipinski definition) is 6. The van der Waals surface area contributed by atoms with Crippen molar-refractivity contribution < 1.29 is 43.5 Å². The first-order chi connectivity index (χ1) is 49.6. The molecule has 8 aromatic carbocycles. The lowest BCUT2D eigenvalue weighted by Gasteiger charge is -2.31. The first kappa shape index (κ1) is 72.4. The molecule has 17 nitrogen and oxygen atoms in total. The largest absolute Gasteiger partial charge is 0.488 e. The Hall–Kier alpha value is -10.4. The number of nitrogens with zero attached hydrogens (tertiary/aromatic N) is 4. The van der Waals surface area contributed by atoms with Crippen molar-refractivity contribution in [1.82, 2.24) is 20.6 Å². The molecule has 0 unspecified atom stereocenters. The van der Waals surface area contributed by atoms with E-state index < -0.39 is 36.2 Å². The maximum atomic E-state index is 14.3. The number of nitriles is 2. The zero-order valence-corrected chi connectivity index (χ0v) is 59.8. The number of benzene rings is 8. The third-order valence-electron chi connectivity index (χ3n) is 19.8. The fraction of sp³-hybridized carbons (Fsp3) is 0.262. The van der Waals surface area contributed by atoms with E-state index in [0.29, 0.717) is 50.6 Å². The fourth-order valence-electron chi connectivity index (χ4n) is 13.5. The number of pyridine rings is 2. The summed E-state index contributed by atoms with van der Waals surface area (Å²) >= 11 is 14.1. The van der Waals surface area contributed by atoms with Gasteiger partial charge in [-0.25, -0.2) is 4.79 Å². The monoisotopic (exact) mass is 1410 g/mol. The van der Waals surface area contributed by atoms with E-state index in [1.165, 1.54) is 48.5 Å². The summed E-state index contributed by atoms with van der Waals surface area (Å²) in [6, 6.07) is 52.6. The highest BCUT2D eigenvalue weighted by Crippen LogP contribution is 2.41. The SMILES string of the molecule is Cc1c(COc2cc(OCc3cncc(C#N)c3)c(CN[C@@](C)(COC(=O)[C@](C)(CO)NCc3cc(Cl)c(OCc4cccc(-c5cccc(-c6ccc7c(c6)C[C@@H](N)C7)c5C)c4C)cc3OCc3cncc(C#N)c3)C(=O)O)cc2Cl)cccc1-c1cccc(-c2ccc3c(c2)C[C@H](N)C3)c1C. The molecule has 2 heterocycles. The van der Waals surface area contributed by atoms with Gasteiger partial charge in [0.15, 0.2) is 0 Å². The lowest BCUT2D eigenvalue weighted by Crippen LogP contribution is -2.57. The van der Waals surface area contributed by atoms with Gasteiger partial charge in [-0.2, -0.15) is 10.5 Å². The van der Waals surface area contributed by atoms with Crippen LogP contribution in [-0.4, -0.2) is 68.5 Å². The third kappa shape index (κ3) is 16.3. The van der Waals surface area contributed by atoms with E-state index >= 15 is 0 Å². The number of nitrogens with one attached hydrogen (secondary N) is 2. The summed E-state index contributed by atoms with van der Waals surface area (Å²) in [5.74, 6) is -1.13. The number of rotatable bonds is 27. The summed E-state index contributed by atoms with van der Waals surface area (Å²) < 4.78 is 31.7. The number of fused-ring (bicyclic) bond motifs is 2. The number of carboxylic acids is 1. The first-order valence-corrected chi connectivity index (χ1v) is 34.8. The van der Waals surface area contributed by atoms with Crippen molar-refractivity contribution in [3.63, 3.8) is 0 Å². The van der Waals surface area contributed by atoms with Crippen molar-refractivity contribution in [2.45, 2.75) is 130 Å². The van der Waals surface area contributed by atoms with Gasteiger partial charge in [-0.05, 0) is 192 Å². The van der Waals surface area contributed by atoms with E-state index in [1.807, 2.05) is 24.3 Å². The minimum atomic E-state index is -1.92. The van der Waals surface area contributed by atoms with E-state index in [9.17, 15) is 30.3 Å². The minimum Gasteiger partial charge on any atom is -0.488 e. The van der Waals surface area contributed by atoms with Gasteiger partial charge < -0.3 is 45.4 Å². The predicted molar refractivity (Wildman–Crippen MR) is 399 cm³/mol.